The highest BCUT2D eigenvalue weighted by atomic mass is 79.9. The van der Waals surface area contributed by atoms with Crippen LogP contribution >= 0.6 is 15.9 Å². The third-order valence-corrected chi connectivity index (χ3v) is 5.78. The van der Waals surface area contributed by atoms with Crippen LogP contribution in [0.1, 0.15) is 49.7 Å². The van der Waals surface area contributed by atoms with E-state index < -0.39 is 6.09 Å². The summed E-state index contributed by atoms with van der Waals surface area (Å²) in [5, 5.41) is 14.2. The third-order valence-electron chi connectivity index (χ3n) is 5.12. The fraction of sp³-hybridized carbons (Fsp3) is 0.474. The molecule has 9 heteroatoms. The number of amides is 2. The van der Waals surface area contributed by atoms with E-state index in [1.54, 1.807) is 17.0 Å². The van der Waals surface area contributed by atoms with Crippen LogP contribution in [0, 0.1) is 5.92 Å². The average molecular weight is 451 g/mol. The lowest BCUT2D eigenvalue weighted by atomic mass is 9.84. The van der Waals surface area contributed by atoms with E-state index in [4.69, 9.17) is 5.73 Å². The van der Waals surface area contributed by atoms with Crippen molar-refractivity contribution >= 4 is 44.7 Å². The molecule has 3 N–H and O–H groups in total. The van der Waals surface area contributed by atoms with Gasteiger partial charge in [-0.25, -0.2) is 4.79 Å². The van der Waals surface area contributed by atoms with Crippen molar-refractivity contribution in [2.24, 2.45) is 11.7 Å². The molecule has 0 bridgehead atoms. The molecule has 0 atom stereocenters. The Labute approximate surface area is 170 Å². The van der Waals surface area contributed by atoms with Crippen LogP contribution in [0.15, 0.2) is 16.6 Å². The average Bonchev–Trinajstić information content (AvgIpc) is 2.99. The summed E-state index contributed by atoms with van der Waals surface area (Å²) in [6.07, 6.45) is -0.262. The van der Waals surface area contributed by atoms with Crippen molar-refractivity contribution in [2.45, 2.75) is 39.0 Å². The minimum absolute atomic E-state index is 0.112. The lowest BCUT2D eigenvalue weighted by molar-refractivity contribution is -0.123. The van der Waals surface area contributed by atoms with Crippen molar-refractivity contribution in [3.05, 3.63) is 27.9 Å². The summed E-state index contributed by atoms with van der Waals surface area (Å²) < 4.78 is 1.64. The number of primary amides is 1. The first-order valence-electron chi connectivity index (χ1n) is 9.06. The molecule has 150 valence electrons. The van der Waals surface area contributed by atoms with E-state index >= 15 is 0 Å². The van der Waals surface area contributed by atoms with Gasteiger partial charge in [0.25, 0.3) is 5.91 Å². The zero-order valence-electron chi connectivity index (χ0n) is 16.0. The molecule has 0 unspecified atom stereocenters. The number of likely N-dealkylation sites (tertiary alicyclic amines) is 1. The second-order valence-corrected chi connectivity index (χ2v) is 8.93. The number of carboxylic acid groups (broad SMARTS) is 1. The first-order chi connectivity index (χ1) is 13.0. The fourth-order valence-corrected chi connectivity index (χ4v) is 4.66. The van der Waals surface area contributed by atoms with Crippen LogP contribution < -0.4 is 5.73 Å². The van der Waals surface area contributed by atoms with Gasteiger partial charge in [-0.1, -0.05) is 36.7 Å². The first-order valence-corrected chi connectivity index (χ1v) is 9.85. The standard InChI is InChI=1S/C19H23BrN4O4/c1-19(2,3)14-11(20)4-5-12-13(14)15(22-24(12)18(27)28)17(26)23-8-6-10(7-9-23)16(21)25/h4-5,10H,6-9H2,1-3H3,(H2,21,25)(H,27,28). The van der Waals surface area contributed by atoms with Crippen LogP contribution in [0.3, 0.4) is 0 Å². The molecule has 0 aliphatic carbocycles. The van der Waals surface area contributed by atoms with Gasteiger partial charge in [0.1, 0.15) is 0 Å². The van der Waals surface area contributed by atoms with Gasteiger partial charge >= 0.3 is 6.09 Å². The van der Waals surface area contributed by atoms with Crippen LogP contribution in [-0.4, -0.2) is 50.8 Å². The highest BCUT2D eigenvalue weighted by Crippen LogP contribution is 2.38. The number of nitrogens with zero attached hydrogens (tertiary/aromatic N) is 3. The van der Waals surface area contributed by atoms with Gasteiger partial charge < -0.3 is 15.7 Å². The molecule has 0 spiro atoms. The second kappa shape index (κ2) is 7.20. The maximum Gasteiger partial charge on any atom is 0.432 e. The van der Waals surface area contributed by atoms with Crippen LogP contribution in [-0.2, 0) is 10.2 Å². The number of aromatic nitrogens is 2. The van der Waals surface area contributed by atoms with E-state index in [1.165, 1.54) is 0 Å². The van der Waals surface area contributed by atoms with Crippen LogP contribution in [0.4, 0.5) is 4.79 Å². The van der Waals surface area contributed by atoms with Crippen molar-refractivity contribution in [1.82, 2.24) is 14.7 Å². The Morgan fingerprint density at radius 3 is 2.32 bits per heavy atom. The molecule has 0 saturated carbocycles. The van der Waals surface area contributed by atoms with E-state index in [0.717, 1.165) is 14.7 Å². The lowest BCUT2D eigenvalue weighted by Gasteiger charge is -2.30. The second-order valence-electron chi connectivity index (χ2n) is 8.08. The Bertz CT molecular complexity index is 968. The summed E-state index contributed by atoms with van der Waals surface area (Å²) >= 11 is 3.54. The van der Waals surface area contributed by atoms with Crippen molar-refractivity contribution in [3.63, 3.8) is 0 Å². The van der Waals surface area contributed by atoms with Gasteiger partial charge in [-0.2, -0.15) is 9.78 Å². The quantitative estimate of drug-likeness (QED) is 0.728. The monoisotopic (exact) mass is 450 g/mol. The Morgan fingerprint density at radius 1 is 1.21 bits per heavy atom. The van der Waals surface area contributed by atoms with Gasteiger partial charge in [0, 0.05) is 28.9 Å². The normalized spacial score (nSPS) is 15.8. The molecule has 1 aliphatic heterocycles. The maximum atomic E-state index is 13.2. The number of carbonyl (C=O) groups is 3. The molecule has 1 aliphatic rings. The third kappa shape index (κ3) is 3.50. The molecule has 1 fully saturated rings. The number of piperidine rings is 1. The summed E-state index contributed by atoms with van der Waals surface area (Å²) in [5.74, 6) is -0.931. The molecule has 2 amide bonds. The highest BCUT2D eigenvalue weighted by Gasteiger charge is 2.33. The summed E-state index contributed by atoms with van der Waals surface area (Å²) in [4.78, 5) is 37.9. The molecule has 0 radical (unpaired) electrons. The van der Waals surface area contributed by atoms with Crippen LogP contribution in [0.5, 0.6) is 0 Å². The smallest absolute Gasteiger partial charge is 0.432 e. The summed E-state index contributed by atoms with van der Waals surface area (Å²) in [6, 6.07) is 3.42. The van der Waals surface area contributed by atoms with Gasteiger partial charge in [-0.05, 0) is 36.0 Å². The number of benzene rings is 1. The minimum atomic E-state index is -1.25. The summed E-state index contributed by atoms with van der Waals surface area (Å²) in [6.45, 7) is 6.76. The summed E-state index contributed by atoms with van der Waals surface area (Å²) in [7, 11) is 0. The largest absolute Gasteiger partial charge is 0.463 e. The lowest BCUT2D eigenvalue weighted by Crippen LogP contribution is -2.42. The van der Waals surface area contributed by atoms with Gasteiger partial charge in [-0.15, -0.1) is 0 Å². The van der Waals surface area contributed by atoms with Gasteiger partial charge in [-0.3, -0.25) is 9.59 Å². The number of hydrogen-bond donors (Lipinski definition) is 2. The molecule has 2 heterocycles. The predicted molar refractivity (Wildman–Crippen MR) is 107 cm³/mol. The minimum Gasteiger partial charge on any atom is -0.463 e. The van der Waals surface area contributed by atoms with Crippen molar-refractivity contribution in [2.75, 3.05) is 13.1 Å². The SMILES string of the molecule is CC(C)(C)c1c(Br)ccc2c1c(C(=O)N1CCC(C(N)=O)CC1)nn2C(=O)O. The van der Waals surface area contributed by atoms with E-state index in [2.05, 4.69) is 21.0 Å². The van der Waals surface area contributed by atoms with Gasteiger partial charge in [0.15, 0.2) is 5.69 Å². The number of rotatable bonds is 2. The summed E-state index contributed by atoms with van der Waals surface area (Å²) in [5.41, 5.74) is 6.33. The maximum absolute atomic E-state index is 13.2. The fourth-order valence-electron chi connectivity index (χ4n) is 3.73. The molecule has 1 aromatic heterocycles. The molecular formula is C19H23BrN4O4. The van der Waals surface area contributed by atoms with Gasteiger partial charge in [0.2, 0.25) is 5.91 Å². The predicted octanol–water partition coefficient (Wildman–Crippen LogP) is 2.96. The Kier molecular flexibility index (Phi) is 5.22. The molecule has 8 nitrogen and oxygen atoms in total. The Morgan fingerprint density at radius 2 is 1.82 bits per heavy atom. The topological polar surface area (TPSA) is 119 Å². The van der Waals surface area contributed by atoms with E-state index in [1.807, 2.05) is 20.8 Å². The number of nitrogens with two attached hydrogens (primary N) is 1. The zero-order chi connectivity index (χ0) is 20.8. The van der Waals surface area contributed by atoms with Crippen LogP contribution in [0.2, 0.25) is 0 Å². The molecule has 3 rings (SSSR count). The highest BCUT2D eigenvalue weighted by molar-refractivity contribution is 9.10. The molecular weight excluding hydrogens is 428 g/mol. The number of hydrogen-bond acceptors (Lipinski definition) is 4. The number of fused-ring (bicyclic) bond motifs is 1. The van der Waals surface area contributed by atoms with Crippen molar-refractivity contribution in [1.29, 1.82) is 0 Å². The van der Waals surface area contributed by atoms with Crippen LogP contribution in [0.25, 0.3) is 10.9 Å². The Hall–Kier alpha value is -2.42. The molecule has 2 aromatic rings. The molecule has 1 aromatic carbocycles. The van der Waals surface area contributed by atoms with E-state index in [0.29, 0.717) is 36.8 Å². The van der Waals surface area contributed by atoms with E-state index in [9.17, 15) is 19.5 Å². The van der Waals surface area contributed by atoms with Crippen molar-refractivity contribution in [3.8, 4) is 0 Å². The molecule has 1 saturated heterocycles. The first kappa shape index (κ1) is 20.3. The Balaban J connectivity index is 2.13. The number of carbonyl (C=O) groups excluding carboxylic acids is 2. The molecule has 28 heavy (non-hydrogen) atoms. The van der Waals surface area contributed by atoms with E-state index in [-0.39, 0.29) is 28.8 Å². The number of halogens is 1. The zero-order valence-corrected chi connectivity index (χ0v) is 17.6. The van der Waals surface area contributed by atoms with Gasteiger partial charge in [0.05, 0.1) is 5.52 Å². The van der Waals surface area contributed by atoms with Crippen molar-refractivity contribution < 1.29 is 19.5 Å².